The summed E-state index contributed by atoms with van der Waals surface area (Å²) in [5.74, 6) is 1.34. The van der Waals surface area contributed by atoms with Crippen LogP contribution >= 0.6 is 11.5 Å². The molecule has 1 heterocycles. The van der Waals surface area contributed by atoms with Gasteiger partial charge in [0.2, 0.25) is 5.06 Å². The predicted molar refractivity (Wildman–Crippen MR) is 126 cm³/mol. The molecule has 7 heteroatoms. The summed E-state index contributed by atoms with van der Waals surface area (Å²) >= 11 is 1.16. The number of hydrogen-bond acceptors (Lipinski definition) is 6. The topological polar surface area (TPSA) is 70.7 Å². The molecule has 0 N–H and O–H groups in total. The molecule has 1 aromatic heterocycles. The van der Waals surface area contributed by atoms with E-state index >= 15 is 0 Å². The fourth-order valence-corrected chi connectivity index (χ4v) is 3.60. The lowest BCUT2D eigenvalue weighted by Crippen LogP contribution is -2.24. The van der Waals surface area contributed by atoms with Crippen LogP contribution in [0.25, 0.3) is 11.3 Å². The number of rotatable bonds is 7. The molecule has 0 aliphatic rings. The molecular weight excluding hydrogens is 408 g/mol. The minimum absolute atomic E-state index is 0.376. The minimum Gasteiger partial charge on any atom is -0.496 e. The molecule has 31 heavy (non-hydrogen) atoms. The molecule has 6 nitrogen and oxygen atoms in total. The van der Waals surface area contributed by atoms with E-state index in [4.69, 9.17) is 9.47 Å². The molecule has 160 valence electrons. The summed E-state index contributed by atoms with van der Waals surface area (Å²) in [6.07, 6.45) is 1.84. The van der Waals surface area contributed by atoms with Crippen molar-refractivity contribution in [2.75, 3.05) is 14.2 Å². The van der Waals surface area contributed by atoms with E-state index in [0.717, 1.165) is 33.9 Å². The van der Waals surface area contributed by atoms with E-state index in [1.54, 1.807) is 7.11 Å². The number of aliphatic imine (C=N–C) groups is 1. The molecule has 0 amide bonds. The van der Waals surface area contributed by atoms with Gasteiger partial charge in [0.25, 0.3) is 0 Å². The van der Waals surface area contributed by atoms with Gasteiger partial charge in [0.1, 0.15) is 28.8 Å². The molecule has 3 aromatic rings. The summed E-state index contributed by atoms with van der Waals surface area (Å²) in [4.78, 5) is 6.65. The van der Waals surface area contributed by atoms with E-state index in [-0.39, 0.29) is 0 Å². The first-order chi connectivity index (χ1) is 14.8. The largest absolute Gasteiger partial charge is 0.496 e. The molecule has 0 atom stereocenters. The Bertz CT molecular complexity index is 1140. The predicted octanol–water partition coefficient (Wildman–Crippen LogP) is 6.10. The van der Waals surface area contributed by atoms with Gasteiger partial charge in [-0.15, -0.1) is 0 Å². The molecule has 0 unspecified atom stereocenters. The van der Waals surface area contributed by atoms with Crippen LogP contribution in [0.1, 0.15) is 30.5 Å². The zero-order valence-electron chi connectivity index (χ0n) is 18.6. The fourth-order valence-electron chi connectivity index (χ4n) is 2.88. The van der Waals surface area contributed by atoms with Crippen molar-refractivity contribution < 1.29 is 9.47 Å². The second-order valence-electron chi connectivity index (χ2n) is 7.52. The maximum Gasteiger partial charge on any atom is 0.218 e. The van der Waals surface area contributed by atoms with Gasteiger partial charge >= 0.3 is 0 Å². The third kappa shape index (κ3) is 4.86. The number of hydrogen-bond donors (Lipinski definition) is 0. The number of methoxy groups -OCH3 is 1. The first kappa shape index (κ1) is 22.3. The quantitative estimate of drug-likeness (QED) is 0.332. The van der Waals surface area contributed by atoms with Gasteiger partial charge in [-0.05, 0) is 63.1 Å². The van der Waals surface area contributed by atoms with Crippen LogP contribution in [0.4, 0.5) is 5.69 Å². The number of nitriles is 1. The molecule has 0 bridgehead atoms. The monoisotopic (exact) mass is 434 g/mol. The summed E-state index contributed by atoms with van der Waals surface area (Å²) < 4.78 is 16.0. The summed E-state index contributed by atoms with van der Waals surface area (Å²) in [5.41, 5.74) is 4.53. The number of ether oxygens (including phenoxy) is 2. The fraction of sp³-hybridized carbons (Fsp3) is 0.292. The van der Waals surface area contributed by atoms with Gasteiger partial charge in [0.15, 0.2) is 0 Å². The van der Waals surface area contributed by atoms with Gasteiger partial charge in [-0.3, -0.25) is 0 Å². The maximum absolute atomic E-state index is 9.80. The average molecular weight is 435 g/mol. The molecule has 3 rings (SSSR count). The van der Waals surface area contributed by atoms with Gasteiger partial charge < -0.3 is 14.4 Å². The van der Waals surface area contributed by atoms with E-state index in [2.05, 4.69) is 34.2 Å². The summed E-state index contributed by atoms with van der Waals surface area (Å²) in [7, 11) is 3.60. The van der Waals surface area contributed by atoms with Gasteiger partial charge in [0.05, 0.1) is 19.1 Å². The van der Waals surface area contributed by atoms with Crippen molar-refractivity contribution in [2.24, 2.45) is 4.99 Å². The van der Waals surface area contributed by atoms with E-state index in [9.17, 15) is 5.26 Å². The Hall–Kier alpha value is -3.37. The Labute approximate surface area is 187 Å². The lowest BCUT2D eigenvalue weighted by Gasteiger charge is -2.17. The van der Waals surface area contributed by atoms with Crippen molar-refractivity contribution in [3.05, 3.63) is 53.1 Å². The molecule has 0 fully saturated rings. The molecule has 0 radical (unpaired) electrons. The van der Waals surface area contributed by atoms with Gasteiger partial charge in [0, 0.05) is 30.2 Å². The molecule has 2 aromatic carbocycles. The van der Waals surface area contributed by atoms with Crippen molar-refractivity contribution in [1.29, 1.82) is 5.26 Å². The first-order valence-electron chi connectivity index (χ1n) is 9.94. The normalized spacial score (nSPS) is 11.0. The van der Waals surface area contributed by atoms with Gasteiger partial charge in [-0.25, -0.2) is 4.99 Å². The van der Waals surface area contributed by atoms with Crippen molar-refractivity contribution >= 4 is 23.6 Å². The molecule has 0 aliphatic heterocycles. The van der Waals surface area contributed by atoms with Crippen LogP contribution < -0.4 is 9.47 Å². The van der Waals surface area contributed by atoms with Crippen LogP contribution in [0, 0.1) is 25.2 Å². The second-order valence-corrected chi connectivity index (χ2v) is 8.25. The third-order valence-corrected chi connectivity index (χ3v) is 5.75. The summed E-state index contributed by atoms with van der Waals surface area (Å²) in [5, 5.41) is 10.3. The molecule has 0 saturated heterocycles. The van der Waals surface area contributed by atoms with E-state index in [1.807, 2.05) is 63.6 Å². The van der Waals surface area contributed by atoms with Crippen molar-refractivity contribution in [2.45, 2.75) is 33.7 Å². The molecule has 0 aliphatic carbocycles. The molecule has 0 saturated carbocycles. The van der Waals surface area contributed by atoms with Gasteiger partial charge in [-0.1, -0.05) is 12.1 Å². The highest BCUT2D eigenvalue weighted by Crippen LogP contribution is 2.41. The smallest absolute Gasteiger partial charge is 0.218 e. The van der Waals surface area contributed by atoms with Crippen LogP contribution in [-0.4, -0.2) is 35.8 Å². The zero-order valence-corrected chi connectivity index (χ0v) is 19.4. The highest BCUT2D eigenvalue weighted by atomic mass is 32.1. The Balaban J connectivity index is 1.93. The summed E-state index contributed by atoms with van der Waals surface area (Å²) in [6, 6.07) is 14.1. The van der Waals surface area contributed by atoms with Crippen LogP contribution in [-0.2, 0) is 0 Å². The van der Waals surface area contributed by atoms with Crippen LogP contribution in [0.5, 0.6) is 16.6 Å². The lowest BCUT2D eigenvalue weighted by atomic mass is 10.1. The Morgan fingerprint density at radius 3 is 2.58 bits per heavy atom. The molecular formula is C24H26N4O2S. The summed E-state index contributed by atoms with van der Waals surface area (Å²) in [6.45, 7) is 8.19. The zero-order chi connectivity index (χ0) is 22.5. The SMILES string of the molecule is COc1ccccc1-c1nsc(Oc2cc(C)c(N=CN(C)C(C)C)cc2C)c1C#N. The highest BCUT2D eigenvalue weighted by Gasteiger charge is 2.20. The highest BCUT2D eigenvalue weighted by molar-refractivity contribution is 7.08. The van der Waals surface area contributed by atoms with Crippen molar-refractivity contribution in [1.82, 2.24) is 9.27 Å². The second kappa shape index (κ2) is 9.63. The number of para-hydroxylation sites is 1. The van der Waals surface area contributed by atoms with E-state index in [1.165, 1.54) is 0 Å². The van der Waals surface area contributed by atoms with Crippen LogP contribution in [0.2, 0.25) is 0 Å². The van der Waals surface area contributed by atoms with Crippen molar-refractivity contribution in [3.63, 3.8) is 0 Å². The molecule has 0 spiro atoms. The Morgan fingerprint density at radius 2 is 1.90 bits per heavy atom. The van der Waals surface area contributed by atoms with E-state index in [0.29, 0.717) is 33.9 Å². The number of aromatic nitrogens is 1. The number of benzene rings is 2. The Kier molecular flexibility index (Phi) is 6.93. The number of aryl methyl sites for hydroxylation is 2. The lowest BCUT2D eigenvalue weighted by molar-refractivity contribution is 0.416. The average Bonchev–Trinajstić information content (AvgIpc) is 3.16. The third-order valence-electron chi connectivity index (χ3n) is 5.02. The maximum atomic E-state index is 9.80. The van der Waals surface area contributed by atoms with Crippen LogP contribution in [0.15, 0.2) is 41.4 Å². The van der Waals surface area contributed by atoms with Crippen molar-refractivity contribution in [3.8, 4) is 33.9 Å². The first-order valence-corrected chi connectivity index (χ1v) is 10.7. The Morgan fingerprint density at radius 1 is 1.16 bits per heavy atom. The van der Waals surface area contributed by atoms with E-state index < -0.39 is 0 Å². The number of nitrogens with zero attached hydrogens (tertiary/aromatic N) is 4. The van der Waals surface area contributed by atoms with Crippen LogP contribution in [0.3, 0.4) is 0 Å². The minimum atomic E-state index is 0.376. The van der Waals surface area contributed by atoms with Gasteiger partial charge in [-0.2, -0.15) is 9.64 Å². The standard InChI is InChI=1S/C24H26N4O2S/c1-15(2)28(5)14-26-20-11-17(4)22(12-16(20)3)30-24-19(13-25)23(27-31-24)18-9-7-8-10-21(18)29-6/h7-12,14-15H,1-6H3.